The number of furan rings is 1. The Morgan fingerprint density at radius 3 is 2.28 bits per heavy atom. The Morgan fingerprint density at radius 1 is 0.966 bits per heavy atom. The van der Waals surface area contributed by atoms with Crippen LogP contribution in [-0.2, 0) is 10.0 Å². The van der Waals surface area contributed by atoms with Crippen LogP contribution in [0, 0.1) is 6.92 Å². The first-order valence-electron chi connectivity index (χ1n) is 10.4. The molecule has 4 rings (SSSR count). The molecule has 2 fully saturated rings. The fraction of sp³-hybridized carbons (Fsp3) is 0.571. The summed E-state index contributed by atoms with van der Waals surface area (Å²) in [5.41, 5.74) is 1.26. The summed E-state index contributed by atoms with van der Waals surface area (Å²) in [4.78, 5) is 17.2. The molecule has 8 heteroatoms. The fourth-order valence-corrected chi connectivity index (χ4v) is 5.69. The summed E-state index contributed by atoms with van der Waals surface area (Å²) in [6, 6.07) is 4.93. The van der Waals surface area contributed by atoms with Crippen LogP contribution in [0.1, 0.15) is 41.8 Å². The number of hydrogen-bond acceptors (Lipinski definition) is 5. The van der Waals surface area contributed by atoms with Crippen LogP contribution in [-0.4, -0.2) is 74.7 Å². The summed E-state index contributed by atoms with van der Waals surface area (Å²) in [6.45, 7) is 5.97. The van der Waals surface area contributed by atoms with Crippen LogP contribution in [0.15, 0.2) is 27.5 Å². The first-order chi connectivity index (χ1) is 13.9. The van der Waals surface area contributed by atoms with Crippen molar-refractivity contribution in [2.75, 3.05) is 46.3 Å². The SMILES string of the molecule is Cc1c(C(=O)N2CCN(C)CC2)oc2ccc(S(=O)(=O)N3CCCCCC3)cc12. The van der Waals surface area contributed by atoms with E-state index in [9.17, 15) is 13.2 Å². The molecule has 0 atom stereocenters. The molecule has 0 spiro atoms. The molecule has 7 nitrogen and oxygen atoms in total. The average Bonchev–Trinajstić information content (AvgIpc) is 2.89. The zero-order valence-corrected chi connectivity index (χ0v) is 18.0. The second kappa shape index (κ2) is 8.08. The van der Waals surface area contributed by atoms with Gasteiger partial charge in [0.05, 0.1) is 4.90 Å². The lowest BCUT2D eigenvalue weighted by Crippen LogP contribution is -2.47. The van der Waals surface area contributed by atoms with E-state index in [-0.39, 0.29) is 10.8 Å². The van der Waals surface area contributed by atoms with E-state index in [0.717, 1.165) is 38.8 Å². The molecule has 2 aliphatic rings. The minimum absolute atomic E-state index is 0.122. The summed E-state index contributed by atoms with van der Waals surface area (Å²) in [5, 5.41) is 0.693. The predicted molar refractivity (Wildman–Crippen MR) is 112 cm³/mol. The third-order valence-electron chi connectivity index (χ3n) is 6.10. The number of nitrogens with zero attached hydrogens (tertiary/aromatic N) is 3. The summed E-state index contributed by atoms with van der Waals surface area (Å²) in [7, 11) is -1.50. The third kappa shape index (κ3) is 3.93. The van der Waals surface area contributed by atoms with Crippen LogP contribution < -0.4 is 0 Å². The van der Waals surface area contributed by atoms with Crippen LogP contribution in [0.25, 0.3) is 11.0 Å². The molecular formula is C21H29N3O4S. The lowest BCUT2D eigenvalue weighted by molar-refractivity contribution is 0.0634. The number of sulfonamides is 1. The molecule has 0 unspecified atom stereocenters. The highest BCUT2D eigenvalue weighted by Crippen LogP contribution is 2.30. The molecule has 1 aromatic carbocycles. The quantitative estimate of drug-likeness (QED) is 0.765. The molecule has 0 radical (unpaired) electrons. The zero-order chi connectivity index (χ0) is 20.6. The smallest absolute Gasteiger partial charge is 0.289 e. The van der Waals surface area contributed by atoms with Crippen LogP contribution in [0.4, 0.5) is 0 Å². The number of amides is 1. The maximum absolute atomic E-state index is 13.1. The zero-order valence-electron chi connectivity index (χ0n) is 17.2. The molecule has 3 heterocycles. The number of benzene rings is 1. The third-order valence-corrected chi connectivity index (χ3v) is 7.99. The first-order valence-corrected chi connectivity index (χ1v) is 11.8. The molecule has 0 N–H and O–H groups in total. The molecule has 2 saturated heterocycles. The summed E-state index contributed by atoms with van der Waals surface area (Å²) in [6.07, 6.45) is 3.94. The van der Waals surface area contributed by atoms with E-state index in [4.69, 9.17) is 4.42 Å². The topological polar surface area (TPSA) is 74.1 Å². The average molecular weight is 420 g/mol. The molecule has 0 saturated carbocycles. The van der Waals surface area contributed by atoms with Crippen molar-refractivity contribution in [2.24, 2.45) is 0 Å². The van der Waals surface area contributed by atoms with Gasteiger partial charge in [0.25, 0.3) is 5.91 Å². The number of piperazine rings is 1. The number of rotatable bonds is 3. The second-order valence-electron chi connectivity index (χ2n) is 8.13. The summed E-state index contributed by atoms with van der Waals surface area (Å²) >= 11 is 0. The van der Waals surface area contributed by atoms with Gasteiger partial charge >= 0.3 is 0 Å². The van der Waals surface area contributed by atoms with E-state index in [1.807, 2.05) is 14.0 Å². The van der Waals surface area contributed by atoms with Crippen LogP contribution in [0.2, 0.25) is 0 Å². The Labute approximate surface area is 172 Å². The largest absolute Gasteiger partial charge is 0.451 e. The van der Waals surface area contributed by atoms with Gasteiger partial charge in [0.2, 0.25) is 10.0 Å². The Kier molecular flexibility index (Phi) is 5.68. The number of hydrogen-bond donors (Lipinski definition) is 0. The Balaban J connectivity index is 1.64. The highest BCUT2D eigenvalue weighted by atomic mass is 32.2. The number of carbonyl (C=O) groups excluding carboxylic acids is 1. The van der Waals surface area contributed by atoms with Crippen molar-refractivity contribution in [3.63, 3.8) is 0 Å². The molecule has 29 heavy (non-hydrogen) atoms. The number of likely N-dealkylation sites (N-methyl/N-ethyl adjacent to an activating group) is 1. The Morgan fingerprint density at radius 2 is 1.62 bits per heavy atom. The number of fused-ring (bicyclic) bond motifs is 1. The summed E-state index contributed by atoms with van der Waals surface area (Å²) < 4.78 is 33.7. The van der Waals surface area contributed by atoms with Crippen molar-refractivity contribution in [2.45, 2.75) is 37.5 Å². The fourth-order valence-electron chi connectivity index (χ4n) is 4.15. The van der Waals surface area contributed by atoms with Gasteiger partial charge in [-0.3, -0.25) is 4.79 Å². The summed E-state index contributed by atoms with van der Waals surface area (Å²) in [5.74, 6) is 0.192. The normalized spacial score (nSPS) is 20.1. The first kappa shape index (κ1) is 20.4. The van der Waals surface area contributed by atoms with Gasteiger partial charge in [-0.15, -0.1) is 0 Å². The van der Waals surface area contributed by atoms with E-state index in [1.54, 1.807) is 27.4 Å². The van der Waals surface area contributed by atoms with Crippen molar-refractivity contribution in [3.8, 4) is 0 Å². The van der Waals surface area contributed by atoms with Gasteiger partial charge in [-0.25, -0.2) is 8.42 Å². The standard InChI is InChI=1S/C21H29N3O4S/c1-16-18-15-17(29(26,27)24-9-5-3-4-6-10-24)7-8-19(18)28-20(16)21(25)23-13-11-22(2)12-14-23/h7-8,15H,3-6,9-14H2,1-2H3. The van der Waals surface area contributed by atoms with E-state index in [0.29, 0.717) is 48.5 Å². The van der Waals surface area contributed by atoms with E-state index in [2.05, 4.69) is 4.90 Å². The predicted octanol–water partition coefficient (Wildman–Crippen LogP) is 2.69. The van der Waals surface area contributed by atoms with Crippen LogP contribution in [0.3, 0.4) is 0 Å². The second-order valence-corrected chi connectivity index (χ2v) is 10.1. The Bertz CT molecular complexity index is 998. The molecule has 0 bridgehead atoms. The van der Waals surface area contributed by atoms with E-state index in [1.165, 1.54) is 0 Å². The van der Waals surface area contributed by atoms with Gasteiger partial charge in [-0.1, -0.05) is 12.8 Å². The van der Waals surface area contributed by atoms with Gasteiger partial charge in [-0.2, -0.15) is 4.31 Å². The molecule has 2 aliphatic heterocycles. The van der Waals surface area contributed by atoms with E-state index >= 15 is 0 Å². The highest BCUT2D eigenvalue weighted by molar-refractivity contribution is 7.89. The van der Waals surface area contributed by atoms with Crippen molar-refractivity contribution in [3.05, 3.63) is 29.5 Å². The molecule has 2 aromatic rings. The monoisotopic (exact) mass is 419 g/mol. The molecule has 1 aromatic heterocycles. The molecular weight excluding hydrogens is 390 g/mol. The Hall–Kier alpha value is -1.90. The van der Waals surface area contributed by atoms with Crippen molar-refractivity contribution < 1.29 is 17.6 Å². The van der Waals surface area contributed by atoms with Crippen molar-refractivity contribution >= 4 is 26.9 Å². The lowest BCUT2D eigenvalue weighted by Gasteiger charge is -2.31. The minimum Gasteiger partial charge on any atom is -0.451 e. The van der Waals surface area contributed by atoms with Crippen LogP contribution in [0.5, 0.6) is 0 Å². The van der Waals surface area contributed by atoms with Gasteiger partial charge in [-0.05, 0) is 45.0 Å². The van der Waals surface area contributed by atoms with Crippen LogP contribution >= 0.6 is 0 Å². The number of aryl methyl sites for hydroxylation is 1. The van der Waals surface area contributed by atoms with Gasteiger partial charge < -0.3 is 14.2 Å². The van der Waals surface area contributed by atoms with Gasteiger partial charge in [0, 0.05) is 50.2 Å². The van der Waals surface area contributed by atoms with Crippen molar-refractivity contribution in [1.82, 2.24) is 14.1 Å². The van der Waals surface area contributed by atoms with Gasteiger partial charge in [0.15, 0.2) is 5.76 Å². The lowest BCUT2D eigenvalue weighted by atomic mass is 10.1. The maximum atomic E-state index is 13.1. The molecule has 158 valence electrons. The minimum atomic E-state index is -3.54. The highest BCUT2D eigenvalue weighted by Gasteiger charge is 2.28. The molecule has 1 amide bonds. The van der Waals surface area contributed by atoms with Crippen molar-refractivity contribution in [1.29, 1.82) is 0 Å². The number of carbonyl (C=O) groups is 1. The maximum Gasteiger partial charge on any atom is 0.289 e. The van der Waals surface area contributed by atoms with E-state index < -0.39 is 10.0 Å². The van der Waals surface area contributed by atoms with Gasteiger partial charge in [0.1, 0.15) is 5.58 Å². The molecule has 0 aliphatic carbocycles.